The highest BCUT2D eigenvalue weighted by molar-refractivity contribution is 5.49. The highest BCUT2D eigenvalue weighted by atomic mass is 16.2. The van der Waals surface area contributed by atoms with Gasteiger partial charge in [-0.25, -0.2) is 4.79 Å². The second-order valence-corrected chi connectivity index (χ2v) is 5.58. The third-order valence-corrected chi connectivity index (χ3v) is 4.11. The van der Waals surface area contributed by atoms with Crippen molar-refractivity contribution >= 4 is 5.69 Å². The van der Waals surface area contributed by atoms with Crippen molar-refractivity contribution < 1.29 is 0 Å². The molecule has 1 aromatic heterocycles. The van der Waals surface area contributed by atoms with E-state index in [1.54, 1.807) is 6.92 Å². The highest BCUT2D eigenvalue weighted by Gasteiger charge is 2.24. The Morgan fingerprint density at radius 3 is 2.62 bits per heavy atom. The molecule has 1 atom stereocenters. The minimum absolute atomic E-state index is 0.301. The molecule has 0 saturated carbocycles. The van der Waals surface area contributed by atoms with Crippen molar-refractivity contribution in [3.05, 3.63) is 62.4 Å². The summed E-state index contributed by atoms with van der Waals surface area (Å²) in [5.41, 5.74) is 1.79. The Morgan fingerprint density at radius 2 is 1.90 bits per heavy atom. The van der Waals surface area contributed by atoms with Crippen LogP contribution in [0.4, 0.5) is 5.69 Å². The van der Waals surface area contributed by atoms with E-state index in [-0.39, 0.29) is 5.56 Å². The molecule has 1 fully saturated rings. The van der Waals surface area contributed by atoms with Crippen LogP contribution in [0.3, 0.4) is 0 Å². The lowest BCUT2D eigenvalue weighted by Crippen LogP contribution is -2.40. The molecule has 1 aromatic carbocycles. The summed E-state index contributed by atoms with van der Waals surface area (Å²) in [6, 6.07) is 10.4. The third-order valence-electron chi connectivity index (χ3n) is 4.11. The van der Waals surface area contributed by atoms with Crippen LogP contribution in [0.2, 0.25) is 0 Å². The molecule has 1 unspecified atom stereocenters. The van der Waals surface area contributed by atoms with Crippen molar-refractivity contribution in [3.8, 4) is 0 Å². The molecule has 3 rings (SSSR count). The number of hydrogen-bond donors (Lipinski definition) is 2. The Labute approximate surface area is 122 Å². The van der Waals surface area contributed by atoms with Gasteiger partial charge in [-0.2, -0.15) is 0 Å². The second-order valence-electron chi connectivity index (χ2n) is 5.58. The van der Waals surface area contributed by atoms with Gasteiger partial charge in [-0.3, -0.25) is 9.78 Å². The summed E-state index contributed by atoms with van der Waals surface area (Å²) in [6.45, 7) is 3.43. The number of nitrogens with one attached hydrogen (secondary N) is 2. The lowest BCUT2D eigenvalue weighted by Gasteiger charge is -2.34. The minimum Gasteiger partial charge on any atom is -0.365 e. The molecule has 2 N–H and O–H groups in total. The van der Waals surface area contributed by atoms with E-state index < -0.39 is 5.69 Å². The molecule has 110 valence electrons. The average molecular weight is 285 g/mol. The molecule has 0 spiro atoms. The number of piperidine rings is 1. The zero-order valence-corrected chi connectivity index (χ0v) is 12.1. The summed E-state index contributed by atoms with van der Waals surface area (Å²) in [5.74, 6) is 0.422. The fraction of sp³-hybridized carbons (Fsp3) is 0.375. The number of benzene rings is 1. The molecule has 5 nitrogen and oxygen atoms in total. The Bertz CT molecular complexity index is 733. The van der Waals surface area contributed by atoms with Crippen molar-refractivity contribution in [2.45, 2.75) is 25.7 Å². The van der Waals surface area contributed by atoms with Gasteiger partial charge < -0.3 is 9.88 Å². The predicted octanol–water partition coefficient (Wildman–Crippen LogP) is 1.76. The molecule has 1 aliphatic rings. The topological polar surface area (TPSA) is 69.0 Å². The molecule has 1 aliphatic heterocycles. The first-order chi connectivity index (χ1) is 10.1. The summed E-state index contributed by atoms with van der Waals surface area (Å²) >= 11 is 0. The molecule has 5 heteroatoms. The SMILES string of the molecule is Cc1[nH]c(=O)[nH]c(=O)c1N1CCCC(c2ccccc2)C1. The van der Waals surface area contributed by atoms with E-state index in [4.69, 9.17) is 0 Å². The van der Waals surface area contributed by atoms with Crippen molar-refractivity contribution in [1.82, 2.24) is 9.97 Å². The van der Waals surface area contributed by atoms with Gasteiger partial charge in [0.25, 0.3) is 5.56 Å². The van der Waals surface area contributed by atoms with Crippen LogP contribution in [0.25, 0.3) is 0 Å². The molecular weight excluding hydrogens is 266 g/mol. The van der Waals surface area contributed by atoms with E-state index in [2.05, 4.69) is 27.0 Å². The number of H-pyrrole nitrogens is 2. The average Bonchev–Trinajstić information content (AvgIpc) is 2.47. The first kappa shape index (κ1) is 13.7. The number of rotatable bonds is 2. The number of hydrogen-bond acceptors (Lipinski definition) is 3. The van der Waals surface area contributed by atoms with Gasteiger partial charge in [0.05, 0.1) is 0 Å². The van der Waals surface area contributed by atoms with Crippen LogP contribution in [0.15, 0.2) is 39.9 Å². The van der Waals surface area contributed by atoms with E-state index >= 15 is 0 Å². The van der Waals surface area contributed by atoms with Gasteiger partial charge >= 0.3 is 5.69 Å². The molecule has 0 radical (unpaired) electrons. The number of aromatic nitrogens is 2. The molecule has 2 heterocycles. The van der Waals surface area contributed by atoms with Crippen molar-refractivity contribution in [2.75, 3.05) is 18.0 Å². The molecule has 0 aliphatic carbocycles. The number of nitrogens with zero attached hydrogens (tertiary/aromatic N) is 1. The van der Waals surface area contributed by atoms with E-state index in [1.807, 2.05) is 18.2 Å². The minimum atomic E-state index is -0.446. The summed E-state index contributed by atoms with van der Waals surface area (Å²) in [5, 5.41) is 0. The predicted molar refractivity (Wildman–Crippen MR) is 83.1 cm³/mol. The van der Waals surface area contributed by atoms with Crippen LogP contribution in [-0.4, -0.2) is 23.1 Å². The zero-order valence-electron chi connectivity index (χ0n) is 12.1. The van der Waals surface area contributed by atoms with E-state index in [1.165, 1.54) is 5.56 Å². The van der Waals surface area contributed by atoms with E-state index in [0.29, 0.717) is 17.3 Å². The lowest BCUT2D eigenvalue weighted by atomic mass is 9.90. The Balaban J connectivity index is 1.91. The molecule has 0 amide bonds. The Kier molecular flexibility index (Phi) is 3.64. The van der Waals surface area contributed by atoms with Crippen LogP contribution in [0, 0.1) is 6.92 Å². The van der Waals surface area contributed by atoms with Gasteiger partial charge in [-0.15, -0.1) is 0 Å². The fourth-order valence-corrected chi connectivity index (χ4v) is 3.15. The molecule has 2 aromatic rings. The summed E-state index contributed by atoms with van der Waals surface area (Å²) in [6.07, 6.45) is 2.17. The molecule has 1 saturated heterocycles. The first-order valence-electron chi connectivity index (χ1n) is 7.28. The maximum atomic E-state index is 12.1. The van der Waals surface area contributed by atoms with Crippen LogP contribution < -0.4 is 16.1 Å². The van der Waals surface area contributed by atoms with Crippen molar-refractivity contribution in [3.63, 3.8) is 0 Å². The molecular formula is C16H19N3O2. The van der Waals surface area contributed by atoms with Gasteiger partial charge in [0.2, 0.25) is 0 Å². The summed E-state index contributed by atoms with van der Waals surface area (Å²) in [4.78, 5) is 30.5. The number of aromatic amines is 2. The Morgan fingerprint density at radius 1 is 1.14 bits per heavy atom. The monoisotopic (exact) mass is 285 g/mol. The quantitative estimate of drug-likeness (QED) is 0.883. The summed E-state index contributed by atoms with van der Waals surface area (Å²) in [7, 11) is 0. The smallest absolute Gasteiger partial charge is 0.326 e. The molecule has 21 heavy (non-hydrogen) atoms. The standard InChI is InChI=1S/C16H19N3O2/c1-11-14(15(20)18-16(21)17-11)19-9-5-8-13(10-19)12-6-3-2-4-7-12/h2-4,6-7,13H,5,8-10H2,1H3,(H2,17,18,20,21). The van der Waals surface area contributed by atoms with Crippen LogP contribution in [-0.2, 0) is 0 Å². The maximum absolute atomic E-state index is 12.1. The fourth-order valence-electron chi connectivity index (χ4n) is 3.15. The van der Waals surface area contributed by atoms with Gasteiger partial charge in [-0.1, -0.05) is 30.3 Å². The van der Waals surface area contributed by atoms with Crippen molar-refractivity contribution in [2.24, 2.45) is 0 Å². The van der Waals surface area contributed by atoms with Crippen molar-refractivity contribution in [1.29, 1.82) is 0 Å². The number of aryl methyl sites for hydroxylation is 1. The molecule has 0 bridgehead atoms. The summed E-state index contributed by atoms with van der Waals surface area (Å²) < 4.78 is 0. The lowest BCUT2D eigenvalue weighted by molar-refractivity contribution is 0.507. The Hall–Kier alpha value is -2.30. The van der Waals surface area contributed by atoms with E-state index in [9.17, 15) is 9.59 Å². The normalized spacial score (nSPS) is 18.7. The van der Waals surface area contributed by atoms with Gasteiger partial charge in [0.15, 0.2) is 0 Å². The maximum Gasteiger partial charge on any atom is 0.326 e. The van der Waals surface area contributed by atoms with Gasteiger partial charge in [0.1, 0.15) is 5.69 Å². The first-order valence-corrected chi connectivity index (χ1v) is 7.28. The van der Waals surface area contributed by atoms with Crippen LogP contribution >= 0.6 is 0 Å². The van der Waals surface area contributed by atoms with Crippen LogP contribution in [0.1, 0.15) is 30.0 Å². The zero-order chi connectivity index (χ0) is 14.8. The second kappa shape index (κ2) is 5.60. The third kappa shape index (κ3) is 2.77. The van der Waals surface area contributed by atoms with Gasteiger partial charge in [-0.05, 0) is 25.3 Å². The van der Waals surface area contributed by atoms with Crippen LogP contribution in [0.5, 0.6) is 0 Å². The largest absolute Gasteiger partial charge is 0.365 e. The van der Waals surface area contributed by atoms with E-state index in [0.717, 1.165) is 25.9 Å². The number of anilines is 1. The highest BCUT2D eigenvalue weighted by Crippen LogP contribution is 2.29. The van der Waals surface area contributed by atoms with Gasteiger partial charge in [0, 0.05) is 24.7 Å².